The third-order valence-electron chi connectivity index (χ3n) is 2.45. The Morgan fingerprint density at radius 3 is 2.83 bits per heavy atom. The highest BCUT2D eigenvalue weighted by Crippen LogP contribution is 2.32. The number of fused-ring (bicyclic) bond motifs is 1. The van der Waals surface area contributed by atoms with Crippen LogP contribution < -0.4 is 0 Å². The van der Waals surface area contributed by atoms with Crippen LogP contribution in [0.25, 0.3) is 0 Å². The van der Waals surface area contributed by atoms with Crippen LogP contribution in [0.3, 0.4) is 0 Å². The fourth-order valence-electron chi connectivity index (χ4n) is 1.63. The first-order chi connectivity index (χ1) is 5.93. The van der Waals surface area contributed by atoms with Crippen molar-refractivity contribution in [2.45, 2.75) is 19.3 Å². The van der Waals surface area contributed by atoms with Crippen molar-refractivity contribution >= 4 is 0 Å². The Hall–Kier alpha value is -0.860. The summed E-state index contributed by atoms with van der Waals surface area (Å²) < 4.78 is 10.5. The third kappa shape index (κ3) is 0.958. The lowest BCUT2D eigenvalue weighted by Gasteiger charge is -1.99. The predicted octanol–water partition coefficient (Wildman–Crippen LogP) is 1.79. The van der Waals surface area contributed by atoms with Crippen LogP contribution in [0.1, 0.15) is 22.8 Å². The van der Waals surface area contributed by atoms with Crippen molar-refractivity contribution in [3.8, 4) is 0 Å². The highest BCUT2D eigenvalue weighted by atomic mass is 16.6. The molecule has 2 heterocycles. The van der Waals surface area contributed by atoms with Gasteiger partial charge in [-0.3, -0.25) is 0 Å². The summed E-state index contributed by atoms with van der Waals surface area (Å²) in [6.07, 6.45) is 0.371. The summed E-state index contributed by atoms with van der Waals surface area (Å²) in [5.41, 5.74) is 3.97. The summed E-state index contributed by atoms with van der Waals surface area (Å²) in [6.45, 7) is 2.44. The molecule has 62 valence electrons. The molecule has 0 radical (unpaired) electrons. The van der Waals surface area contributed by atoms with Gasteiger partial charge in [0, 0.05) is 0 Å². The first-order valence-electron chi connectivity index (χ1n) is 4.24. The minimum Gasteiger partial charge on any atom is -0.372 e. The van der Waals surface area contributed by atoms with Crippen molar-refractivity contribution in [1.29, 1.82) is 0 Å². The molecule has 0 bridgehead atoms. The molecular weight excluding hydrogens is 152 g/mol. The van der Waals surface area contributed by atoms with E-state index in [1.165, 1.54) is 16.7 Å². The van der Waals surface area contributed by atoms with Gasteiger partial charge in [-0.05, 0) is 16.7 Å². The number of ether oxygens (including phenoxy) is 2. The van der Waals surface area contributed by atoms with Crippen molar-refractivity contribution in [2.24, 2.45) is 0 Å². The van der Waals surface area contributed by atoms with Gasteiger partial charge in [-0.25, -0.2) is 0 Å². The van der Waals surface area contributed by atoms with E-state index in [1.807, 2.05) is 0 Å². The molecular formula is C10H10O2. The Morgan fingerprint density at radius 1 is 1.17 bits per heavy atom. The van der Waals surface area contributed by atoms with Gasteiger partial charge in [0.2, 0.25) is 0 Å². The van der Waals surface area contributed by atoms with Gasteiger partial charge in [-0.1, -0.05) is 18.2 Å². The second-order valence-electron chi connectivity index (χ2n) is 3.34. The average Bonchev–Trinajstić information content (AvgIpc) is 2.84. The van der Waals surface area contributed by atoms with Crippen LogP contribution in [0.4, 0.5) is 0 Å². The van der Waals surface area contributed by atoms with Crippen molar-refractivity contribution in [1.82, 2.24) is 0 Å². The Morgan fingerprint density at radius 2 is 2.00 bits per heavy atom. The van der Waals surface area contributed by atoms with Gasteiger partial charge in [0.25, 0.3) is 0 Å². The zero-order chi connectivity index (χ0) is 7.97. The molecule has 1 aromatic rings. The van der Waals surface area contributed by atoms with Crippen LogP contribution in [0.15, 0.2) is 18.2 Å². The molecule has 1 aromatic carbocycles. The maximum Gasteiger partial charge on any atom is 0.106 e. The van der Waals surface area contributed by atoms with Crippen LogP contribution in [-0.4, -0.2) is 6.61 Å². The van der Waals surface area contributed by atoms with Crippen molar-refractivity contribution in [2.75, 3.05) is 6.61 Å². The molecule has 0 aromatic heterocycles. The average molecular weight is 162 g/mol. The Kier molecular flexibility index (Phi) is 1.28. The SMILES string of the molecule is c1cc2c(cc1[C@H]1CO1)COC2. The molecule has 12 heavy (non-hydrogen) atoms. The van der Waals surface area contributed by atoms with E-state index in [2.05, 4.69) is 18.2 Å². The van der Waals surface area contributed by atoms with E-state index in [4.69, 9.17) is 9.47 Å². The smallest absolute Gasteiger partial charge is 0.106 e. The van der Waals surface area contributed by atoms with E-state index in [-0.39, 0.29) is 0 Å². The van der Waals surface area contributed by atoms with Crippen molar-refractivity contribution in [3.05, 3.63) is 34.9 Å². The molecule has 0 N–H and O–H groups in total. The van der Waals surface area contributed by atoms with Gasteiger partial charge in [-0.2, -0.15) is 0 Å². The molecule has 3 rings (SSSR count). The molecule has 2 heteroatoms. The fourth-order valence-corrected chi connectivity index (χ4v) is 1.63. The standard InChI is InChI=1S/C10H10O2/c1-2-8-4-11-5-9(8)3-7(1)10-6-12-10/h1-3,10H,4-6H2/t10-/m1/s1. The lowest BCUT2D eigenvalue weighted by Crippen LogP contribution is -1.86. The molecule has 1 saturated heterocycles. The molecule has 2 nitrogen and oxygen atoms in total. The normalized spacial score (nSPS) is 25.5. The Balaban J connectivity index is 2.03. The minimum atomic E-state index is 0.371. The number of rotatable bonds is 1. The van der Waals surface area contributed by atoms with E-state index < -0.39 is 0 Å². The molecule has 0 unspecified atom stereocenters. The van der Waals surface area contributed by atoms with Crippen LogP contribution in [0.5, 0.6) is 0 Å². The Bertz CT molecular complexity index is 316. The van der Waals surface area contributed by atoms with Gasteiger partial charge >= 0.3 is 0 Å². The molecule has 2 aliphatic rings. The molecule has 1 atom stereocenters. The summed E-state index contributed by atoms with van der Waals surface area (Å²) in [5.74, 6) is 0. The summed E-state index contributed by atoms with van der Waals surface area (Å²) in [4.78, 5) is 0. The molecule has 0 saturated carbocycles. The fraction of sp³-hybridized carbons (Fsp3) is 0.400. The summed E-state index contributed by atoms with van der Waals surface area (Å²) in [5, 5.41) is 0. The van der Waals surface area contributed by atoms with Gasteiger partial charge in [0.15, 0.2) is 0 Å². The third-order valence-corrected chi connectivity index (χ3v) is 2.45. The van der Waals surface area contributed by atoms with Crippen molar-refractivity contribution in [3.63, 3.8) is 0 Å². The lowest BCUT2D eigenvalue weighted by molar-refractivity contribution is 0.134. The topological polar surface area (TPSA) is 21.8 Å². The number of epoxide rings is 1. The highest BCUT2D eigenvalue weighted by molar-refractivity contribution is 5.35. The zero-order valence-corrected chi connectivity index (χ0v) is 6.75. The van der Waals surface area contributed by atoms with E-state index in [1.54, 1.807) is 0 Å². The highest BCUT2D eigenvalue weighted by Gasteiger charge is 2.25. The van der Waals surface area contributed by atoms with Gasteiger partial charge in [-0.15, -0.1) is 0 Å². The zero-order valence-electron chi connectivity index (χ0n) is 6.75. The van der Waals surface area contributed by atoms with Crippen LogP contribution in [0.2, 0.25) is 0 Å². The molecule has 1 fully saturated rings. The largest absolute Gasteiger partial charge is 0.372 e. The van der Waals surface area contributed by atoms with E-state index in [9.17, 15) is 0 Å². The van der Waals surface area contributed by atoms with E-state index >= 15 is 0 Å². The predicted molar refractivity (Wildman–Crippen MR) is 43.6 cm³/mol. The number of hydrogen-bond acceptors (Lipinski definition) is 2. The van der Waals surface area contributed by atoms with E-state index in [0.29, 0.717) is 6.10 Å². The number of benzene rings is 1. The Labute approximate surface area is 71.1 Å². The van der Waals surface area contributed by atoms with Crippen LogP contribution in [0, 0.1) is 0 Å². The van der Waals surface area contributed by atoms with E-state index in [0.717, 1.165) is 19.8 Å². The molecule has 0 amide bonds. The lowest BCUT2D eigenvalue weighted by atomic mass is 10.0. The maximum atomic E-state index is 5.33. The van der Waals surface area contributed by atoms with Crippen LogP contribution >= 0.6 is 0 Å². The second-order valence-corrected chi connectivity index (χ2v) is 3.34. The monoisotopic (exact) mass is 162 g/mol. The first-order valence-corrected chi connectivity index (χ1v) is 4.24. The molecule has 0 spiro atoms. The molecule has 0 aliphatic carbocycles. The maximum absolute atomic E-state index is 5.33. The van der Waals surface area contributed by atoms with Crippen LogP contribution in [-0.2, 0) is 22.7 Å². The summed E-state index contributed by atoms with van der Waals surface area (Å²) in [7, 11) is 0. The summed E-state index contributed by atoms with van der Waals surface area (Å²) >= 11 is 0. The quantitative estimate of drug-likeness (QED) is 0.587. The minimum absolute atomic E-state index is 0.371. The first kappa shape index (κ1) is 6.63. The van der Waals surface area contributed by atoms with Gasteiger partial charge in [0.1, 0.15) is 6.10 Å². The second kappa shape index (κ2) is 2.31. The summed E-state index contributed by atoms with van der Waals surface area (Å²) in [6, 6.07) is 6.50. The van der Waals surface area contributed by atoms with Gasteiger partial charge in [0.05, 0.1) is 19.8 Å². The number of hydrogen-bond donors (Lipinski definition) is 0. The van der Waals surface area contributed by atoms with Crippen molar-refractivity contribution < 1.29 is 9.47 Å². The van der Waals surface area contributed by atoms with Gasteiger partial charge < -0.3 is 9.47 Å². The molecule has 2 aliphatic heterocycles.